The van der Waals surface area contributed by atoms with Gasteiger partial charge in [0.2, 0.25) is 0 Å². The zero-order chi connectivity index (χ0) is 14.4. The van der Waals surface area contributed by atoms with Crippen LogP contribution in [-0.4, -0.2) is 18.9 Å². The zero-order valence-electron chi connectivity index (χ0n) is 11.6. The summed E-state index contributed by atoms with van der Waals surface area (Å²) in [4.78, 5) is 13.0. The minimum Gasteiger partial charge on any atom is -0.316 e. The van der Waals surface area contributed by atoms with E-state index in [1.165, 1.54) is 12.8 Å². The Bertz CT molecular complexity index is 545. The molecule has 2 fully saturated rings. The molecule has 2 aliphatic rings. The Labute approximate surface area is 129 Å². The van der Waals surface area contributed by atoms with E-state index in [1.807, 2.05) is 0 Å². The first kappa shape index (κ1) is 14.4. The van der Waals surface area contributed by atoms with Crippen molar-refractivity contribution in [2.45, 2.75) is 32.6 Å². The molecule has 1 N–H and O–H groups in total. The van der Waals surface area contributed by atoms with Crippen molar-refractivity contribution in [1.82, 2.24) is 5.32 Å². The van der Waals surface area contributed by atoms with Crippen LogP contribution in [-0.2, 0) is 0 Å². The van der Waals surface area contributed by atoms with Gasteiger partial charge in [0, 0.05) is 17.5 Å². The first-order chi connectivity index (χ1) is 9.44. The fraction of sp³-hybridized carbons (Fsp3) is 0.562. The Morgan fingerprint density at radius 3 is 2.55 bits per heavy atom. The van der Waals surface area contributed by atoms with Crippen molar-refractivity contribution >= 4 is 29.0 Å². The summed E-state index contributed by atoms with van der Waals surface area (Å²) in [6, 6.07) is 5.22. The Balaban J connectivity index is 1.90. The Hall–Kier alpha value is -0.570. The van der Waals surface area contributed by atoms with E-state index in [0.29, 0.717) is 21.0 Å². The first-order valence-corrected chi connectivity index (χ1v) is 7.90. The monoisotopic (exact) mass is 311 g/mol. The van der Waals surface area contributed by atoms with Crippen molar-refractivity contribution < 1.29 is 4.79 Å². The van der Waals surface area contributed by atoms with E-state index >= 15 is 0 Å². The molecule has 1 saturated heterocycles. The molecule has 1 aliphatic heterocycles. The largest absolute Gasteiger partial charge is 0.316 e. The predicted molar refractivity (Wildman–Crippen MR) is 82.7 cm³/mol. The highest BCUT2D eigenvalue weighted by Gasteiger charge is 2.50. The lowest BCUT2D eigenvalue weighted by Gasteiger charge is -2.30. The van der Waals surface area contributed by atoms with E-state index in [2.05, 4.69) is 12.2 Å². The van der Waals surface area contributed by atoms with Gasteiger partial charge in [-0.05, 0) is 55.8 Å². The SMILES string of the molecule is CC1(CC2(C(=O)c3ccc(Cl)c(Cl)c3)CCNC2)CC1. The molecule has 4 heteroatoms. The topological polar surface area (TPSA) is 29.1 Å². The van der Waals surface area contributed by atoms with Gasteiger partial charge in [0.15, 0.2) is 5.78 Å². The second-order valence-electron chi connectivity index (χ2n) is 6.65. The third kappa shape index (κ3) is 2.61. The molecule has 1 aromatic carbocycles. The van der Waals surface area contributed by atoms with Gasteiger partial charge < -0.3 is 5.32 Å². The van der Waals surface area contributed by atoms with Gasteiger partial charge in [0.05, 0.1) is 10.0 Å². The maximum atomic E-state index is 13.0. The molecule has 0 amide bonds. The summed E-state index contributed by atoms with van der Waals surface area (Å²) < 4.78 is 0. The van der Waals surface area contributed by atoms with Gasteiger partial charge in [-0.1, -0.05) is 30.1 Å². The van der Waals surface area contributed by atoms with Crippen LogP contribution in [0.25, 0.3) is 0 Å². The number of nitrogens with one attached hydrogen (secondary N) is 1. The number of benzene rings is 1. The van der Waals surface area contributed by atoms with Gasteiger partial charge >= 0.3 is 0 Å². The van der Waals surface area contributed by atoms with Gasteiger partial charge in [0.25, 0.3) is 0 Å². The molecule has 1 unspecified atom stereocenters. The molecule has 3 rings (SSSR count). The van der Waals surface area contributed by atoms with Crippen molar-refractivity contribution in [3.8, 4) is 0 Å². The second kappa shape index (κ2) is 5.01. The third-order valence-corrected chi connectivity index (χ3v) is 5.51. The summed E-state index contributed by atoms with van der Waals surface area (Å²) in [5.74, 6) is 0.217. The van der Waals surface area contributed by atoms with Crippen LogP contribution in [0.4, 0.5) is 0 Å². The minimum absolute atomic E-state index is 0.217. The molecule has 20 heavy (non-hydrogen) atoms. The molecule has 1 atom stereocenters. The Kier molecular flexibility index (Phi) is 3.60. The first-order valence-electron chi connectivity index (χ1n) is 7.15. The van der Waals surface area contributed by atoms with E-state index in [4.69, 9.17) is 23.2 Å². The average Bonchev–Trinajstić information content (AvgIpc) is 2.95. The van der Waals surface area contributed by atoms with E-state index in [9.17, 15) is 4.79 Å². The van der Waals surface area contributed by atoms with Crippen LogP contribution in [0, 0.1) is 10.8 Å². The maximum absolute atomic E-state index is 13.0. The summed E-state index contributed by atoms with van der Waals surface area (Å²) in [6.45, 7) is 3.99. The molecule has 0 radical (unpaired) electrons. The molecule has 1 aliphatic carbocycles. The van der Waals surface area contributed by atoms with E-state index in [-0.39, 0.29) is 11.2 Å². The number of hydrogen-bond acceptors (Lipinski definition) is 2. The molecule has 108 valence electrons. The quantitative estimate of drug-likeness (QED) is 0.838. The molecule has 1 heterocycles. The number of Topliss-reactive ketones (excluding diaryl/α,β-unsaturated/α-hetero) is 1. The van der Waals surface area contributed by atoms with Crippen LogP contribution in [0.3, 0.4) is 0 Å². The lowest BCUT2D eigenvalue weighted by molar-refractivity contribution is 0.0769. The van der Waals surface area contributed by atoms with Crippen molar-refractivity contribution in [1.29, 1.82) is 0 Å². The van der Waals surface area contributed by atoms with Crippen molar-refractivity contribution in [2.24, 2.45) is 10.8 Å². The van der Waals surface area contributed by atoms with Crippen LogP contribution in [0.1, 0.15) is 43.0 Å². The van der Waals surface area contributed by atoms with Crippen molar-refractivity contribution in [2.75, 3.05) is 13.1 Å². The third-order valence-electron chi connectivity index (χ3n) is 4.78. The Morgan fingerprint density at radius 2 is 2.00 bits per heavy atom. The van der Waals surface area contributed by atoms with E-state index in [1.54, 1.807) is 18.2 Å². The maximum Gasteiger partial charge on any atom is 0.170 e. The normalized spacial score (nSPS) is 27.6. The summed E-state index contributed by atoms with van der Waals surface area (Å²) in [7, 11) is 0. The highest BCUT2D eigenvalue weighted by molar-refractivity contribution is 6.42. The zero-order valence-corrected chi connectivity index (χ0v) is 13.2. The number of carbonyl (C=O) groups excluding carboxylic acids is 1. The summed E-state index contributed by atoms with van der Waals surface area (Å²) in [5.41, 5.74) is 0.785. The fourth-order valence-electron chi connectivity index (χ4n) is 3.32. The van der Waals surface area contributed by atoms with Crippen LogP contribution < -0.4 is 5.32 Å². The molecular formula is C16H19Cl2NO. The van der Waals surface area contributed by atoms with Gasteiger partial charge in [-0.15, -0.1) is 0 Å². The van der Waals surface area contributed by atoms with Crippen LogP contribution >= 0.6 is 23.2 Å². The van der Waals surface area contributed by atoms with Crippen LogP contribution in [0.2, 0.25) is 10.0 Å². The fourth-order valence-corrected chi connectivity index (χ4v) is 3.62. The van der Waals surface area contributed by atoms with E-state index < -0.39 is 0 Å². The predicted octanol–water partition coefficient (Wildman–Crippen LogP) is 4.35. The molecule has 0 spiro atoms. The number of halogens is 2. The minimum atomic E-state index is -0.261. The molecule has 2 nitrogen and oxygen atoms in total. The van der Waals surface area contributed by atoms with Gasteiger partial charge in [-0.3, -0.25) is 4.79 Å². The van der Waals surface area contributed by atoms with Crippen LogP contribution in [0.5, 0.6) is 0 Å². The average molecular weight is 312 g/mol. The Morgan fingerprint density at radius 1 is 1.25 bits per heavy atom. The number of carbonyl (C=O) groups is 1. The molecular weight excluding hydrogens is 293 g/mol. The van der Waals surface area contributed by atoms with Gasteiger partial charge in [-0.25, -0.2) is 0 Å². The van der Waals surface area contributed by atoms with Crippen molar-refractivity contribution in [3.05, 3.63) is 33.8 Å². The lowest BCUT2D eigenvalue weighted by Crippen LogP contribution is -2.35. The molecule has 1 aromatic rings. The number of hydrogen-bond donors (Lipinski definition) is 1. The summed E-state index contributed by atoms with van der Waals surface area (Å²) >= 11 is 12.0. The number of rotatable bonds is 4. The van der Waals surface area contributed by atoms with Crippen molar-refractivity contribution in [3.63, 3.8) is 0 Å². The molecule has 1 saturated carbocycles. The second-order valence-corrected chi connectivity index (χ2v) is 7.47. The summed E-state index contributed by atoms with van der Waals surface area (Å²) in [6.07, 6.45) is 4.38. The van der Waals surface area contributed by atoms with Crippen LogP contribution in [0.15, 0.2) is 18.2 Å². The van der Waals surface area contributed by atoms with E-state index in [0.717, 1.165) is 25.9 Å². The summed E-state index contributed by atoms with van der Waals surface area (Å²) in [5, 5.41) is 4.31. The standard InChI is InChI=1S/C16H19Cl2NO/c1-15(4-5-15)9-16(6-7-19-10-16)14(20)11-2-3-12(17)13(18)8-11/h2-3,8,19H,4-7,9-10H2,1H3. The molecule has 0 aromatic heterocycles. The molecule has 0 bridgehead atoms. The smallest absolute Gasteiger partial charge is 0.170 e. The van der Waals surface area contributed by atoms with Gasteiger partial charge in [0.1, 0.15) is 0 Å². The highest BCUT2D eigenvalue weighted by atomic mass is 35.5. The highest BCUT2D eigenvalue weighted by Crippen LogP contribution is 2.55. The number of ketones is 1. The van der Waals surface area contributed by atoms with Gasteiger partial charge in [-0.2, -0.15) is 0 Å². The lowest BCUT2D eigenvalue weighted by atomic mass is 9.72.